The molecule has 2 N–H and O–H groups in total. The summed E-state index contributed by atoms with van der Waals surface area (Å²) in [6.07, 6.45) is 3.58. The number of pyridine rings is 2. The Morgan fingerprint density at radius 3 is 2.59 bits per heavy atom. The van der Waals surface area contributed by atoms with Gasteiger partial charge in [0.25, 0.3) is 5.91 Å². The van der Waals surface area contributed by atoms with Gasteiger partial charge in [0.15, 0.2) is 0 Å². The van der Waals surface area contributed by atoms with Crippen molar-refractivity contribution in [3.63, 3.8) is 0 Å². The molecule has 0 unspecified atom stereocenters. The number of carbonyl (C=O) groups is 1. The minimum Gasteiger partial charge on any atom is -0.347 e. The summed E-state index contributed by atoms with van der Waals surface area (Å²) in [4.78, 5) is 21.3. The number of H-pyrrole nitrogens is 1. The minimum absolute atomic E-state index is 0.203. The van der Waals surface area contributed by atoms with Crippen LogP contribution in [0.4, 0.5) is 0 Å². The van der Waals surface area contributed by atoms with Gasteiger partial charge in [-0.3, -0.25) is 19.9 Å². The molecular formula is C23H21N5O. The summed E-state index contributed by atoms with van der Waals surface area (Å²) in [6, 6.07) is 17.5. The second-order valence-electron chi connectivity index (χ2n) is 6.91. The number of hydrogen-bond donors (Lipinski definition) is 2. The van der Waals surface area contributed by atoms with Crippen molar-refractivity contribution in [1.82, 2.24) is 25.5 Å². The van der Waals surface area contributed by atoms with Crippen molar-refractivity contribution >= 4 is 5.91 Å². The molecule has 6 nitrogen and oxygen atoms in total. The van der Waals surface area contributed by atoms with Crippen LogP contribution in [0.5, 0.6) is 0 Å². The number of nitrogens with one attached hydrogen (secondary N) is 2. The quantitative estimate of drug-likeness (QED) is 0.544. The number of hydrogen-bond acceptors (Lipinski definition) is 4. The van der Waals surface area contributed by atoms with Crippen LogP contribution in [-0.4, -0.2) is 26.1 Å². The maximum Gasteiger partial charge on any atom is 0.269 e. The second-order valence-corrected chi connectivity index (χ2v) is 6.91. The lowest BCUT2D eigenvalue weighted by atomic mass is 10.1. The molecule has 0 aliphatic heterocycles. The maximum absolute atomic E-state index is 12.5. The van der Waals surface area contributed by atoms with Gasteiger partial charge in [0, 0.05) is 35.8 Å². The fourth-order valence-corrected chi connectivity index (χ4v) is 3.20. The van der Waals surface area contributed by atoms with Gasteiger partial charge in [-0.1, -0.05) is 36.4 Å². The molecule has 3 aromatic heterocycles. The number of aromatic amines is 1. The monoisotopic (exact) mass is 383 g/mol. The maximum atomic E-state index is 12.5. The molecule has 0 aliphatic carbocycles. The van der Waals surface area contributed by atoms with Gasteiger partial charge in [-0.2, -0.15) is 5.10 Å². The largest absolute Gasteiger partial charge is 0.347 e. The first-order valence-corrected chi connectivity index (χ1v) is 9.38. The number of amides is 1. The van der Waals surface area contributed by atoms with Crippen molar-refractivity contribution in [2.45, 2.75) is 20.4 Å². The van der Waals surface area contributed by atoms with Crippen LogP contribution in [0.25, 0.3) is 22.5 Å². The van der Waals surface area contributed by atoms with Gasteiger partial charge in [-0.25, -0.2) is 0 Å². The molecule has 0 radical (unpaired) electrons. The van der Waals surface area contributed by atoms with Crippen molar-refractivity contribution in [3.8, 4) is 22.5 Å². The SMILES string of the molecule is Cc1cc(-c2ncc(CNC(=O)c3cc(-c4ccccc4)n[nH]3)cc2C)ccn1. The molecule has 0 fully saturated rings. The Morgan fingerprint density at radius 1 is 1.00 bits per heavy atom. The van der Waals surface area contributed by atoms with E-state index in [0.29, 0.717) is 12.2 Å². The van der Waals surface area contributed by atoms with Crippen LogP contribution in [0.3, 0.4) is 0 Å². The first-order valence-electron chi connectivity index (χ1n) is 9.38. The molecule has 0 spiro atoms. The normalized spacial score (nSPS) is 10.7. The molecule has 6 heteroatoms. The highest BCUT2D eigenvalue weighted by Crippen LogP contribution is 2.22. The highest BCUT2D eigenvalue weighted by molar-refractivity contribution is 5.93. The Kier molecular flexibility index (Phi) is 5.16. The summed E-state index contributed by atoms with van der Waals surface area (Å²) in [5.74, 6) is -0.203. The topological polar surface area (TPSA) is 83.6 Å². The van der Waals surface area contributed by atoms with Crippen molar-refractivity contribution in [2.75, 3.05) is 0 Å². The molecule has 4 rings (SSSR count). The van der Waals surface area contributed by atoms with Crippen LogP contribution in [0.15, 0.2) is 67.0 Å². The molecule has 0 bridgehead atoms. The smallest absolute Gasteiger partial charge is 0.269 e. The summed E-state index contributed by atoms with van der Waals surface area (Å²) < 4.78 is 0. The van der Waals surface area contributed by atoms with E-state index in [1.54, 1.807) is 18.5 Å². The van der Waals surface area contributed by atoms with Crippen LogP contribution in [0.2, 0.25) is 0 Å². The summed E-state index contributed by atoms with van der Waals surface area (Å²) in [5, 5.41) is 9.94. The molecule has 0 saturated carbocycles. The van der Waals surface area contributed by atoms with Crippen LogP contribution >= 0.6 is 0 Å². The Balaban J connectivity index is 1.43. The predicted octanol–water partition coefficient (Wildman–Crippen LogP) is 4.08. The number of aryl methyl sites for hydroxylation is 2. The molecule has 4 aromatic rings. The van der Waals surface area contributed by atoms with E-state index in [0.717, 1.165) is 39.3 Å². The molecule has 0 atom stereocenters. The predicted molar refractivity (Wildman–Crippen MR) is 112 cm³/mol. The van der Waals surface area contributed by atoms with E-state index in [1.165, 1.54) is 0 Å². The highest BCUT2D eigenvalue weighted by atomic mass is 16.1. The zero-order valence-electron chi connectivity index (χ0n) is 16.3. The third kappa shape index (κ3) is 4.21. The van der Waals surface area contributed by atoms with Crippen LogP contribution in [-0.2, 0) is 6.54 Å². The minimum atomic E-state index is -0.203. The average Bonchev–Trinajstić information content (AvgIpc) is 3.23. The number of aromatic nitrogens is 4. The molecule has 144 valence electrons. The molecular weight excluding hydrogens is 362 g/mol. The summed E-state index contributed by atoms with van der Waals surface area (Å²) in [6.45, 7) is 4.37. The van der Waals surface area contributed by atoms with Crippen LogP contribution < -0.4 is 5.32 Å². The van der Waals surface area contributed by atoms with Crippen molar-refractivity contribution < 1.29 is 4.79 Å². The first-order chi connectivity index (χ1) is 14.1. The summed E-state index contributed by atoms with van der Waals surface area (Å²) >= 11 is 0. The first kappa shape index (κ1) is 18.6. The van der Waals surface area contributed by atoms with Gasteiger partial charge in [0.1, 0.15) is 5.69 Å². The number of carbonyl (C=O) groups excluding carboxylic acids is 1. The average molecular weight is 383 g/mol. The summed E-state index contributed by atoms with van der Waals surface area (Å²) in [5.41, 5.74) is 7.04. The summed E-state index contributed by atoms with van der Waals surface area (Å²) in [7, 11) is 0. The molecule has 0 aliphatic rings. The zero-order chi connectivity index (χ0) is 20.2. The van der Waals surface area contributed by atoms with Gasteiger partial charge < -0.3 is 5.32 Å². The van der Waals surface area contributed by atoms with Crippen LogP contribution in [0, 0.1) is 13.8 Å². The zero-order valence-corrected chi connectivity index (χ0v) is 16.3. The van der Waals surface area contributed by atoms with Crippen molar-refractivity contribution in [2.24, 2.45) is 0 Å². The Bertz CT molecular complexity index is 1150. The lowest BCUT2D eigenvalue weighted by molar-refractivity contribution is 0.0946. The third-order valence-electron chi connectivity index (χ3n) is 4.65. The van der Waals surface area contributed by atoms with E-state index in [9.17, 15) is 4.79 Å². The van der Waals surface area contributed by atoms with Gasteiger partial charge in [-0.15, -0.1) is 0 Å². The Hall–Kier alpha value is -3.80. The fraction of sp³-hybridized carbons (Fsp3) is 0.130. The van der Waals surface area contributed by atoms with Crippen LogP contribution in [0.1, 0.15) is 27.3 Å². The fourth-order valence-electron chi connectivity index (χ4n) is 3.20. The lowest BCUT2D eigenvalue weighted by Gasteiger charge is -2.09. The van der Waals surface area contributed by atoms with Gasteiger partial charge in [-0.05, 0) is 43.2 Å². The third-order valence-corrected chi connectivity index (χ3v) is 4.65. The number of rotatable bonds is 5. The van der Waals surface area contributed by atoms with E-state index >= 15 is 0 Å². The standard InChI is InChI=1S/C23H21N5O/c1-15-10-17(13-25-22(15)19-8-9-24-16(2)11-19)14-26-23(29)21-12-20(27-28-21)18-6-4-3-5-7-18/h3-13H,14H2,1-2H3,(H,26,29)(H,27,28). The lowest BCUT2D eigenvalue weighted by Crippen LogP contribution is -2.23. The molecule has 29 heavy (non-hydrogen) atoms. The van der Waals surface area contributed by atoms with Crippen molar-refractivity contribution in [1.29, 1.82) is 0 Å². The Labute approximate surface area is 169 Å². The second kappa shape index (κ2) is 8.06. The Morgan fingerprint density at radius 2 is 1.83 bits per heavy atom. The van der Waals surface area contributed by atoms with E-state index in [1.807, 2.05) is 62.4 Å². The van der Waals surface area contributed by atoms with Crippen molar-refractivity contribution in [3.05, 3.63) is 89.5 Å². The molecule has 1 amide bonds. The van der Waals surface area contributed by atoms with E-state index < -0.39 is 0 Å². The van der Waals surface area contributed by atoms with Gasteiger partial charge in [0.2, 0.25) is 0 Å². The van der Waals surface area contributed by atoms with E-state index in [4.69, 9.17) is 0 Å². The highest BCUT2D eigenvalue weighted by Gasteiger charge is 2.11. The molecule has 1 aromatic carbocycles. The van der Waals surface area contributed by atoms with Gasteiger partial charge >= 0.3 is 0 Å². The van der Waals surface area contributed by atoms with E-state index in [2.05, 4.69) is 25.5 Å². The van der Waals surface area contributed by atoms with E-state index in [-0.39, 0.29) is 5.91 Å². The molecule has 3 heterocycles. The van der Waals surface area contributed by atoms with Gasteiger partial charge in [0.05, 0.1) is 11.4 Å². The number of benzene rings is 1. The number of nitrogens with zero attached hydrogens (tertiary/aromatic N) is 3. The molecule has 0 saturated heterocycles.